The van der Waals surface area contributed by atoms with Gasteiger partial charge in [0.05, 0.1) is 17.5 Å². The molecule has 7 nitrogen and oxygen atoms in total. The van der Waals surface area contributed by atoms with Crippen LogP contribution in [0.3, 0.4) is 0 Å². The number of anilines is 1. The van der Waals surface area contributed by atoms with Gasteiger partial charge in [-0.2, -0.15) is 0 Å². The molecule has 1 aliphatic heterocycles. The molecule has 0 aliphatic carbocycles. The Labute approximate surface area is 202 Å². The largest absolute Gasteiger partial charge is 0.382 e. The van der Waals surface area contributed by atoms with E-state index in [1.54, 1.807) is 24.4 Å². The van der Waals surface area contributed by atoms with Crippen molar-refractivity contribution in [1.29, 1.82) is 0 Å². The summed E-state index contributed by atoms with van der Waals surface area (Å²) in [5.74, 6) is -0.733. The molecule has 0 atom stereocenters. The number of benzene rings is 2. The second-order valence-electron chi connectivity index (χ2n) is 8.24. The van der Waals surface area contributed by atoms with Crippen LogP contribution in [0.5, 0.6) is 0 Å². The van der Waals surface area contributed by atoms with Crippen molar-refractivity contribution >= 4 is 23.3 Å². The van der Waals surface area contributed by atoms with Crippen LogP contribution in [0, 0.1) is 5.82 Å². The molecule has 0 unspecified atom stereocenters. The topological polar surface area (TPSA) is 102 Å². The molecular formula is C25H27ClFN5O2. The smallest absolute Gasteiger partial charge is 0.254 e. The monoisotopic (exact) mass is 483 g/mol. The number of nitrogens with one attached hydrogen (secondary N) is 2. The van der Waals surface area contributed by atoms with Gasteiger partial charge in [-0.15, -0.1) is 0 Å². The molecule has 1 aliphatic rings. The van der Waals surface area contributed by atoms with Gasteiger partial charge in [0, 0.05) is 42.8 Å². The van der Waals surface area contributed by atoms with Crippen molar-refractivity contribution in [2.75, 3.05) is 26.0 Å². The third-order valence-electron chi connectivity index (χ3n) is 5.92. The lowest BCUT2D eigenvalue weighted by Gasteiger charge is -2.22. The van der Waals surface area contributed by atoms with Crippen molar-refractivity contribution in [2.45, 2.75) is 31.8 Å². The predicted octanol–water partition coefficient (Wildman–Crippen LogP) is 4.06. The molecule has 2 aromatic carbocycles. The summed E-state index contributed by atoms with van der Waals surface area (Å²) >= 11 is 6.10. The standard InChI is InChI=1S/C25H27ClFN5O2/c1-29-12-17-2-4-19(26)10-18(17)13-31-25(33)20-5-3-16(11-21(20)27)23-24(28)30-14-22(32-23)15-6-8-34-9-7-15/h2-5,10-11,14-15,29H,6-9,12-13H2,1H3,(H2,28,30)(H,31,33). The third-order valence-corrected chi connectivity index (χ3v) is 6.16. The highest BCUT2D eigenvalue weighted by atomic mass is 35.5. The summed E-state index contributed by atoms with van der Waals surface area (Å²) < 4.78 is 20.4. The summed E-state index contributed by atoms with van der Waals surface area (Å²) in [4.78, 5) is 21.6. The van der Waals surface area contributed by atoms with E-state index in [-0.39, 0.29) is 23.8 Å². The highest BCUT2D eigenvalue weighted by molar-refractivity contribution is 6.30. The highest BCUT2D eigenvalue weighted by Crippen LogP contribution is 2.30. The summed E-state index contributed by atoms with van der Waals surface area (Å²) in [5, 5.41) is 6.43. The first-order chi connectivity index (χ1) is 16.5. The minimum absolute atomic E-state index is 0.0620. The first-order valence-electron chi connectivity index (χ1n) is 11.2. The second kappa shape index (κ2) is 10.9. The maximum absolute atomic E-state index is 15.0. The number of hydrogen-bond donors (Lipinski definition) is 3. The fourth-order valence-electron chi connectivity index (χ4n) is 4.05. The zero-order chi connectivity index (χ0) is 24.1. The van der Waals surface area contributed by atoms with E-state index >= 15 is 0 Å². The van der Waals surface area contributed by atoms with Crippen LogP contribution in [0.4, 0.5) is 10.2 Å². The first-order valence-corrected chi connectivity index (χ1v) is 11.5. The molecule has 0 bridgehead atoms. The lowest BCUT2D eigenvalue weighted by molar-refractivity contribution is 0.0844. The Morgan fingerprint density at radius 2 is 1.97 bits per heavy atom. The number of amides is 1. The van der Waals surface area contributed by atoms with Crippen LogP contribution in [0.2, 0.25) is 5.02 Å². The summed E-state index contributed by atoms with van der Waals surface area (Å²) in [7, 11) is 1.84. The second-order valence-corrected chi connectivity index (χ2v) is 8.67. The Kier molecular flexibility index (Phi) is 7.72. The molecule has 0 saturated carbocycles. The van der Waals surface area contributed by atoms with E-state index in [0.29, 0.717) is 36.0 Å². The van der Waals surface area contributed by atoms with Crippen molar-refractivity contribution in [3.8, 4) is 11.3 Å². The quantitative estimate of drug-likeness (QED) is 0.468. The van der Waals surface area contributed by atoms with E-state index in [1.165, 1.54) is 12.1 Å². The minimum atomic E-state index is -0.658. The molecule has 0 spiro atoms. The Morgan fingerprint density at radius 1 is 1.18 bits per heavy atom. The van der Waals surface area contributed by atoms with Gasteiger partial charge in [0.2, 0.25) is 0 Å². The van der Waals surface area contributed by atoms with Crippen molar-refractivity contribution in [2.24, 2.45) is 0 Å². The average Bonchev–Trinajstić information content (AvgIpc) is 2.85. The summed E-state index contributed by atoms with van der Waals surface area (Å²) in [6, 6.07) is 9.83. The number of carbonyl (C=O) groups excluding carboxylic acids is 1. The van der Waals surface area contributed by atoms with Gasteiger partial charge < -0.3 is 21.1 Å². The number of hydrogen-bond acceptors (Lipinski definition) is 6. The Bertz CT molecular complexity index is 1180. The van der Waals surface area contributed by atoms with Crippen molar-refractivity contribution in [3.63, 3.8) is 0 Å². The van der Waals surface area contributed by atoms with Gasteiger partial charge in [-0.1, -0.05) is 23.7 Å². The number of rotatable bonds is 7. The summed E-state index contributed by atoms with van der Waals surface area (Å²) in [6.45, 7) is 2.20. The number of nitrogen functional groups attached to an aromatic ring is 1. The number of nitrogens with two attached hydrogens (primary N) is 1. The Balaban J connectivity index is 1.51. The van der Waals surface area contributed by atoms with Gasteiger partial charge in [-0.25, -0.2) is 14.4 Å². The third kappa shape index (κ3) is 5.52. The maximum Gasteiger partial charge on any atom is 0.254 e. The number of aromatic nitrogens is 2. The molecule has 178 valence electrons. The number of halogens is 2. The number of carbonyl (C=O) groups is 1. The fourth-order valence-corrected chi connectivity index (χ4v) is 4.25. The van der Waals surface area contributed by atoms with Crippen LogP contribution in [0.25, 0.3) is 11.3 Å². The zero-order valence-electron chi connectivity index (χ0n) is 18.9. The average molecular weight is 484 g/mol. The Hall–Kier alpha value is -3.07. The van der Waals surface area contributed by atoms with Gasteiger partial charge in [-0.3, -0.25) is 4.79 Å². The SMILES string of the molecule is CNCc1ccc(Cl)cc1CNC(=O)c1ccc(-c2nc(C3CCOCC3)cnc2N)cc1F. The lowest BCUT2D eigenvalue weighted by Crippen LogP contribution is -2.25. The van der Waals surface area contributed by atoms with Crippen molar-refractivity contribution < 1.29 is 13.9 Å². The molecular weight excluding hydrogens is 457 g/mol. The maximum atomic E-state index is 15.0. The summed E-state index contributed by atoms with van der Waals surface area (Å²) in [5.41, 5.74) is 9.54. The molecule has 1 aromatic heterocycles. The molecule has 0 radical (unpaired) electrons. The van der Waals surface area contributed by atoms with Crippen molar-refractivity contribution in [3.05, 3.63) is 75.8 Å². The van der Waals surface area contributed by atoms with Gasteiger partial charge in [0.15, 0.2) is 0 Å². The minimum Gasteiger partial charge on any atom is -0.382 e. The zero-order valence-corrected chi connectivity index (χ0v) is 19.7. The van der Waals surface area contributed by atoms with E-state index in [1.807, 2.05) is 13.1 Å². The van der Waals surface area contributed by atoms with Crippen LogP contribution in [0.1, 0.15) is 45.9 Å². The van der Waals surface area contributed by atoms with Gasteiger partial charge in [-0.05, 0) is 55.3 Å². The number of ether oxygens (including phenoxy) is 1. The van der Waals surface area contributed by atoms with E-state index in [9.17, 15) is 9.18 Å². The molecule has 34 heavy (non-hydrogen) atoms. The van der Waals surface area contributed by atoms with Crippen LogP contribution in [-0.4, -0.2) is 36.1 Å². The molecule has 1 amide bonds. The van der Waals surface area contributed by atoms with E-state index in [2.05, 4.69) is 20.6 Å². The van der Waals surface area contributed by atoms with Gasteiger partial charge in [0.1, 0.15) is 17.3 Å². The lowest BCUT2D eigenvalue weighted by atomic mass is 9.96. The molecule has 1 saturated heterocycles. The van der Waals surface area contributed by atoms with Crippen LogP contribution >= 0.6 is 11.6 Å². The molecule has 9 heteroatoms. The predicted molar refractivity (Wildman–Crippen MR) is 130 cm³/mol. The van der Waals surface area contributed by atoms with E-state index in [4.69, 9.17) is 22.1 Å². The van der Waals surface area contributed by atoms with E-state index < -0.39 is 11.7 Å². The van der Waals surface area contributed by atoms with Crippen LogP contribution in [-0.2, 0) is 17.8 Å². The fraction of sp³-hybridized carbons (Fsp3) is 0.320. The molecule has 1 fully saturated rings. The van der Waals surface area contributed by atoms with Gasteiger partial charge >= 0.3 is 0 Å². The molecule has 4 N–H and O–H groups in total. The number of nitrogens with zero attached hydrogens (tertiary/aromatic N) is 2. The summed E-state index contributed by atoms with van der Waals surface area (Å²) in [6.07, 6.45) is 3.38. The van der Waals surface area contributed by atoms with Gasteiger partial charge in [0.25, 0.3) is 5.91 Å². The normalized spacial score (nSPS) is 14.2. The molecule has 3 aromatic rings. The van der Waals surface area contributed by atoms with Crippen LogP contribution < -0.4 is 16.4 Å². The first kappa shape index (κ1) is 24.1. The highest BCUT2D eigenvalue weighted by Gasteiger charge is 2.20. The van der Waals surface area contributed by atoms with E-state index in [0.717, 1.165) is 29.7 Å². The van der Waals surface area contributed by atoms with Crippen LogP contribution in [0.15, 0.2) is 42.6 Å². The molecule has 4 rings (SSSR count). The molecule has 2 heterocycles. The van der Waals surface area contributed by atoms with Crippen molar-refractivity contribution in [1.82, 2.24) is 20.6 Å². The Morgan fingerprint density at radius 3 is 2.71 bits per heavy atom.